The largest absolute Gasteiger partial charge is 0.363 e. The Morgan fingerprint density at radius 3 is 2.84 bits per heavy atom. The molecule has 1 aromatic rings. The summed E-state index contributed by atoms with van der Waals surface area (Å²) in [6, 6.07) is 2.43. The molecule has 0 amide bonds. The second-order valence-electron chi connectivity index (χ2n) is 5.20. The zero-order valence-electron chi connectivity index (χ0n) is 10.7. The Morgan fingerprint density at radius 1 is 1.32 bits per heavy atom. The average molecular weight is 301 g/mol. The SMILES string of the molecule is O=S(=O)(NC1CCSC1)c1c[nH]c(CNC2CC2)c1. The van der Waals surface area contributed by atoms with Crippen molar-refractivity contribution < 1.29 is 8.42 Å². The first-order valence-electron chi connectivity index (χ1n) is 6.64. The highest BCUT2D eigenvalue weighted by atomic mass is 32.2. The van der Waals surface area contributed by atoms with Crippen molar-refractivity contribution in [3.05, 3.63) is 18.0 Å². The van der Waals surface area contributed by atoms with Gasteiger partial charge >= 0.3 is 0 Å². The summed E-state index contributed by atoms with van der Waals surface area (Å²) in [5.74, 6) is 1.91. The van der Waals surface area contributed by atoms with Crippen LogP contribution in [0.5, 0.6) is 0 Å². The second-order valence-corrected chi connectivity index (χ2v) is 8.06. The molecule has 1 atom stereocenters. The number of sulfonamides is 1. The molecule has 2 heterocycles. The third kappa shape index (κ3) is 3.53. The molecule has 7 heteroatoms. The Bertz CT molecular complexity index is 531. The first-order chi connectivity index (χ1) is 9.13. The zero-order chi connectivity index (χ0) is 13.3. The molecule has 5 nitrogen and oxygen atoms in total. The summed E-state index contributed by atoms with van der Waals surface area (Å²) in [6.07, 6.45) is 4.96. The van der Waals surface area contributed by atoms with Crippen molar-refractivity contribution >= 4 is 21.8 Å². The van der Waals surface area contributed by atoms with E-state index < -0.39 is 10.0 Å². The van der Waals surface area contributed by atoms with E-state index in [4.69, 9.17) is 0 Å². The fourth-order valence-corrected chi connectivity index (χ4v) is 4.68. The summed E-state index contributed by atoms with van der Waals surface area (Å²) in [5.41, 5.74) is 0.924. The van der Waals surface area contributed by atoms with Crippen molar-refractivity contribution in [1.82, 2.24) is 15.0 Å². The van der Waals surface area contributed by atoms with Gasteiger partial charge in [0.25, 0.3) is 0 Å². The molecule has 19 heavy (non-hydrogen) atoms. The molecule has 0 aromatic carbocycles. The molecule has 3 N–H and O–H groups in total. The van der Waals surface area contributed by atoms with Gasteiger partial charge < -0.3 is 10.3 Å². The molecule has 1 saturated heterocycles. The van der Waals surface area contributed by atoms with E-state index in [0.29, 0.717) is 17.5 Å². The minimum absolute atomic E-state index is 0.0814. The lowest BCUT2D eigenvalue weighted by Crippen LogP contribution is -2.34. The Morgan fingerprint density at radius 2 is 2.16 bits per heavy atom. The van der Waals surface area contributed by atoms with Gasteiger partial charge in [-0.25, -0.2) is 13.1 Å². The maximum absolute atomic E-state index is 12.2. The van der Waals surface area contributed by atoms with E-state index in [9.17, 15) is 8.42 Å². The molecule has 106 valence electrons. The molecule has 1 aliphatic carbocycles. The lowest BCUT2D eigenvalue weighted by atomic mass is 10.3. The van der Waals surface area contributed by atoms with Crippen molar-refractivity contribution in [1.29, 1.82) is 0 Å². The summed E-state index contributed by atoms with van der Waals surface area (Å²) in [5, 5.41) is 3.36. The van der Waals surface area contributed by atoms with Crippen molar-refractivity contribution in [2.24, 2.45) is 0 Å². The molecule has 2 fully saturated rings. The van der Waals surface area contributed by atoms with Gasteiger partial charge in [0.2, 0.25) is 10.0 Å². The topological polar surface area (TPSA) is 74.0 Å². The number of aromatic amines is 1. The molecule has 0 spiro atoms. The van der Waals surface area contributed by atoms with E-state index in [-0.39, 0.29) is 6.04 Å². The minimum atomic E-state index is -3.37. The highest BCUT2D eigenvalue weighted by molar-refractivity contribution is 7.99. The fourth-order valence-electron chi connectivity index (χ4n) is 2.13. The number of H-pyrrole nitrogens is 1. The van der Waals surface area contributed by atoms with Gasteiger partial charge in [-0.2, -0.15) is 11.8 Å². The van der Waals surface area contributed by atoms with E-state index in [1.807, 2.05) is 0 Å². The highest BCUT2D eigenvalue weighted by Crippen LogP contribution is 2.21. The second kappa shape index (κ2) is 5.47. The summed E-state index contributed by atoms with van der Waals surface area (Å²) in [7, 11) is -3.37. The maximum Gasteiger partial charge on any atom is 0.242 e. The first-order valence-corrected chi connectivity index (χ1v) is 9.28. The van der Waals surface area contributed by atoms with Crippen LogP contribution in [-0.4, -0.2) is 37.0 Å². The molecular formula is C12H19N3O2S2. The van der Waals surface area contributed by atoms with Crippen LogP contribution in [-0.2, 0) is 16.6 Å². The van der Waals surface area contributed by atoms with E-state index >= 15 is 0 Å². The van der Waals surface area contributed by atoms with Gasteiger partial charge in [0.05, 0.1) is 4.90 Å². The Hall–Kier alpha value is -0.500. The number of hydrogen-bond donors (Lipinski definition) is 3. The van der Waals surface area contributed by atoms with Crippen LogP contribution < -0.4 is 10.0 Å². The van der Waals surface area contributed by atoms with Crippen molar-refractivity contribution in [2.75, 3.05) is 11.5 Å². The van der Waals surface area contributed by atoms with Crippen LogP contribution in [0.15, 0.2) is 17.2 Å². The lowest BCUT2D eigenvalue weighted by molar-refractivity contribution is 0.563. The van der Waals surface area contributed by atoms with Gasteiger partial charge in [0, 0.05) is 36.3 Å². The highest BCUT2D eigenvalue weighted by Gasteiger charge is 2.24. The number of hydrogen-bond acceptors (Lipinski definition) is 4. The Balaban J connectivity index is 1.62. The van der Waals surface area contributed by atoms with E-state index in [1.165, 1.54) is 12.8 Å². The predicted molar refractivity (Wildman–Crippen MR) is 76.7 cm³/mol. The molecule has 1 aliphatic heterocycles. The standard InChI is InChI=1S/C12H19N3O2S2/c16-19(17,15-10-3-4-18-8-10)12-5-11(14-7-12)6-13-9-1-2-9/h5,7,9-10,13-15H,1-4,6,8H2. The molecular weight excluding hydrogens is 282 g/mol. The number of nitrogens with one attached hydrogen (secondary N) is 3. The van der Waals surface area contributed by atoms with Crippen LogP contribution in [0.25, 0.3) is 0 Å². The molecule has 0 radical (unpaired) electrons. The molecule has 3 rings (SSSR count). The average Bonchev–Trinajstić information content (AvgIpc) is 2.87. The van der Waals surface area contributed by atoms with Crippen molar-refractivity contribution in [3.8, 4) is 0 Å². The van der Waals surface area contributed by atoms with Crippen LogP contribution in [0.2, 0.25) is 0 Å². The van der Waals surface area contributed by atoms with Crippen molar-refractivity contribution in [3.63, 3.8) is 0 Å². The monoisotopic (exact) mass is 301 g/mol. The van der Waals surface area contributed by atoms with Crippen LogP contribution in [0.4, 0.5) is 0 Å². The number of aromatic nitrogens is 1. The first kappa shape index (κ1) is 13.5. The summed E-state index contributed by atoms with van der Waals surface area (Å²) >= 11 is 1.80. The van der Waals surface area contributed by atoms with Crippen LogP contribution >= 0.6 is 11.8 Å². The van der Waals surface area contributed by atoms with E-state index in [2.05, 4.69) is 15.0 Å². The smallest absolute Gasteiger partial charge is 0.242 e. The van der Waals surface area contributed by atoms with Crippen LogP contribution in [0, 0.1) is 0 Å². The van der Waals surface area contributed by atoms with E-state index in [0.717, 1.165) is 23.6 Å². The molecule has 2 aliphatic rings. The van der Waals surface area contributed by atoms with Gasteiger partial charge in [-0.3, -0.25) is 0 Å². The van der Waals surface area contributed by atoms with Gasteiger partial charge in [-0.05, 0) is 31.1 Å². The summed E-state index contributed by atoms with van der Waals surface area (Å²) < 4.78 is 27.2. The zero-order valence-corrected chi connectivity index (χ0v) is 12.3. The molecule has 0 bridgehead atoms. The Kier molecular flexibility index (Phi) is 3.88. The normalized spacial score (nSPS) is 23.9. The minimum Gasteiger partial charge on any atom is -0.363 e. The summed E-state index contributed by atoms with van der Waals surface area (Å²) in [4.78, 5) is 3.38. The predicted octanol–water partition coefficient (Wildman–Crippen LogP) is 1.05. The maximum atomic E-state index is 12.2. The fraction of sp³-hybridized carbons (Fsp3) is 0.667. The van der Waals surface area contributed by atoms with Gasteiger partial charge in [0.15, 0.2) is 0 Å². The van der Waals surface area contributed by atoms with E-state index in [1.54, 1.807) is 24.0 Å². The molecule has 1 unspecified atom stereocenters. The van der Waals surface area contributed by atoms with Crippen LogP contribution in [0.3, 0.4) is 0 Å². The Labute approximate surface area is 118 Å². The van der Waals surface area contributed by atoms with Crippen LogP contribution in [0.1, 0.15) is 25.0 Å². The number of rotatable bonds is 6. The van der Waals surface area contributed by atoms with Gasteiger partial charge in [0.1, 0.15) is 0 Å². The third-order valence-corrected chi connectivity index (χ3v) is 6.10. The van der Waals surface area contributed by atoms with Gasteiger partial charge in [-0.15, -0.1) is 0 Å². The summed E-state index contributed by atoms with van der Waals surface area (Å²) in [6.45, 7) is 0.708. The molecule has 1 saturated carbocycles. The van der Waals surface area contributed by atoms with Crippen molar-refractivity contribution in [2.45, 2.75) is 42.8 Å². The quantitative estimate of drug-likeness (QED) is 0.734. The third-order valence-electron chi connectivity index (χ3n) is 3.44. The lowest BCUT2D eigenvalue weighted by Gasteiger charge is -2.10. The molecule has 1 aromatic heterocycles. The number of thioether (sulfide) groups is 1. The van der Waals surface area contributed by atoms with Gasteiger partial charge in [-0.1, -0.05) is 0 Å².